The zero-order valence-electron chi connectivity index (χ0n) is 12.6. The van der Waals surface area contributed by atoms with Crippen molar-refractivity contribution in [3.8, 4) is 0 Å². The van der Waals surface area contributed by atoms with E-state index in [4.69, 9.17) is 5.73 Å². The van der Waals surface area contributed by atoms with Gasteiger partial charge in [0.05, 0.1) is 11.8 Å². The fourth-order valence-corrected chi connectivity index (χ4v) is 2.73. The molecule has 1 aromatic carbocycles. The van der Waals surface area contributed by atoms with Crippen LogP contribution in [-0.2, 0) is 31.9 Å². The number of amides is 2. The van der Waals surface area contributed by atoms with Gasteiger partial charge >= 0.3 is 12.1 Å². The Kier molecular flexibility index (Phi) is 6.32. The Bertz CT molecular complexity index is 700. The molecule has 0 heterocycles. The first-order valence-electron chi connectivity index (χ1n) is 6.63. The maximum absolute atomic E-state index is 12.0. The van der Waals surface area contributed by atoms with Crippen molar-refractivity contribution in [2.75, 3.05) is 0 Å². The van der Waals surface area contributed by atoms with Gasteiger partial charge in [0, 0.05) is 6.54 Å². The third-order valence-electron chi connectivity index (χ3n) is 2.76. The van der Waals surface area contributed by atoms with Crippen LogP contribution in [0.1, 0.15) is 18.1 Å². The second kappa shape index (κ2) is 7.62. The molecule has 1 atom stereocenters. The Hall–Kier alpha value is -2.14. The molecule has 1 rings (SSSR count). The molecule has 4 N–H and O–H groups in total. The molecule has 0 aliphatic heterocycles. The largest absolute Gasteiger partial charge is 0.471 e. The number of carbonyl (C=O) groups is 2. The van der Waals surface area contributed by atoms with Crippen LogP contribution in [0.25, 0.3) is 0 Å². The van der Waals surface area contributed by atoms with Crippen molar-refractivity contribution < 1.29 is 31.2 Å². The quantitative estimate of drug-likeness (QED) is 0.662. The third kappa shape index (κ3) is 6.54. The normalized spacial score (nSPS) is 13.2. The summed E-state index contributed by atoms with van der Waals surface area (Å²) in [6, 6.07) is 4.48. The Morgan fingerprint density at radius 1 is 1.17 bits per heavy atom. The summed E-state index contributed by atoms with van der Waals surface area (Å²) in [6.45, 7) is 0.974. The summed E-state index contributed by atoms with van der Waals surface area (Å²) in [5, 5.41) is 1.69. The van der Waals surface area contributed by atoms with Crippen molar-refractivity contribution in [3.63, 3.8) is 0 Å². The van der Waals surface area contributed by atoms with Crippen LogP contribution < -0.4 is 15.8 Å². The van der Waals surface area contributed by atoms with Crippen molar-refractivity contribution in [2.45, 2.75) is 31.4 Å². The van der Waals surface area contributed by atoms with E-state index < -0.39 is 39.8 Å². The smallest absolute Gasteiger partial charge is 0.344 e. The maximum atomic E-state index is 12.0. The summed E-state index contributed by atoms with van der Waals surface area (Å²) in [5.41, 5.74) is 5.92. The minimum absolute atomic E-state index is 0.311. The fourth-order valence-electron chi connectivity index (χ4n) is 1.54. The van der Waals surface area contributed by atoms with E-state index in [2.05, 4.69) is 0 Å². The monoisotopic (exact) mass is 367 g/mol. The van der Waals surface area contributed by atoms with Crippen molar-refractivity contribution in [1.82, 2.24) is 10.0 Å². The Morgan fingerprint density at radius 2 is 1.67 bits per heavy atom. The first-order chi connectivity index (χ1) is 10.9. The highest BCUT2D eigenvalue weighted by molar-refractivity contribution is 7.89. The highest BCUT2D eigenvalue weighted by atomic mass is 32.2. The topological polar surface area (TPSA) is 118 Å². The molecule has 0 spiro atoms. The van der Waals surface area contributed by atoms with Gasteiger partial charge in [-0.15, -0.1) is 0 Å². The molecule has 0 aliphatic carbocycles. The number of halogens is 3. The van der Waals surface area contributed by atoms with Gasteiger partial charge in [-0.3, -0.25) is 14.3 Å². The molecule has 0 aliphatic rings. The SMILES string of the molecule is C[C@H](N)C(=O)NS(=O)(=O)Cc1ccc(CNC(=O)C(F)(F)F)cc1. The summed E-state index contributed by atoms with van der Waals surface area (Å²) in [6.07, 6.45) is -4.97. The Labute approximate surface area is 136 Å². The molecule has 134 valence electrons. The maximum Gasteiger partial charge on any atom is 0.471 e. The van der Waals surface area contributed by atoms with Crippen molar-refractivity contribution in [1.29, 1.82) is 0 Å². The molecule has 2 amide bonds. The summed E-state index contributed by atoms with van der Waals surface area (Å²) < 4.78 is 61.4. The van der Waals surface area contributed by atoms with Gasteiger partial charge in [-0.25, -0.2) is 8.42 Å². The van der Waals surface area contributed by atoms with Gasteiger partial charge in [0.15, 0.2) is 0 Å². The van der Waals surface area contributed by atoms with Gasteiger partial charge in [-0.2, -0.15) is 13.2 Å². The van der Waals surface area contributed by atoms with Crippen LogP contribution in [0.5, 0.6) is 0 Å². The summed E-state index contributed by atoms with van der Waals surface area (Å²) >= 11 is 0. The lowest BCUT2D eigenvalue weighted by atomic mass is 10.1. The van der Waals surface area contributed by atoms with Gasteiger partial charge < -0.3 is 11.1 Å². The number of rotatable bonds is 6. The zero-order valence-corrected chi connectivity index (χ0v) is 13.4. The second-order valence-electron chi connectivity index (χ2n) is 5.01. The number of hydrogen-bond donors (Lipinski definition) is 3. The summed E-state index contributed by atoms with van der Waals surface area (Å²) in [7, 11) is -3.93. The second-order valence-corrected chi connectivity index (χ2v) is 6.73. The number of hydrogen-bond acceptors (Lipinski definition) is 5. The predicted octanol–water partition coefficient (Wildman–Crippen LogP) is 0.158. The molecule has 0 unspecified atom stereocenters. The number of nitrogens with one attached hydrogen (secondary N) is 2. The van der Waals surface area contributed by atoms with Gasteiger partial charge in [-0.1, -0.05) is 24.3 Å². The number of carbonyl (C=O) groups excluding carboxylic acids is 2. The van der Waals surface area contributed by atoms with E-state index >= 15 is 0 Å². The van der Waals surface area contributed by atoms with E-state index in [9.17, 15) is 31.2 Å². The number of alkyl halides is 3. The summed E-state index contributed by atoms with van der Waals surface area (Å²) in [4.78, 5) is 22.0. The molecule has 0 aromatic heterocycles. The third-order valence-corrected chi connectivity index (χ3v) is 3.99. The first-order valence-corrected chi connectivity index (χ1v) is 8.28. The van der Waals surface area contributed by atoms with Crippen LogP contribution in [0.4, 0.5) is 13.2 Å². The molecule has 0 saturated heterocycles. The average molecular weight is 367 g/mol. The lowest BCUT2D eigenvalue weighted by Crippen LogP contribution is -2.41. The van der Waals surface area contributed by atoms with E-state index in [0.29, 0.717) is 11.1 Å². The molecular weight excluding hydrogens is 351 g/mol. The zero-order chi connectivity index (χ0) is 18.5. The Balaban J connectivity index is 2.65. The number of nitrogens with two attached hydrogens (primary N) is 1. The van der Waals surface area contributed by atoms with Crippen LogP contribution in [0.15, 0.2) is 24.3 Å². The lowest BCUT2D eigenvalue weighted by molar-refractivity contribution is -0.173. The Morgan fingerprint density at radius 3 is 2.12 bits per heavy atom. The van der Waals surface area contributed by atoms with Crippen molar-refractivity contribution in [2.24, 2.45) is 5.73 Å². The first kappa shape index (κ1) is 19.9. The molecule has 1 aromatic rings. The van der Waals surface area contributed by atoms with E-state index in [1.807, 2.05) is 0 Å². The molecular formula is C13H16F3N3O4S. The van der Waals surface area contributed by atoms with Crippen LogP contribution >= 0.6 is 0 Å². The lowest BCUT2D eigenvalue weighted by Gasteiger charge is -2.10. The van der Waals surface area contributed by atoms with E-state index in [-0.39, 0.29) is 6.54 Å². The van der Waals surface area contributed by atoms with Crippen LogP contribution in [0.3, 0.4) is 0 Å². The molecule has 0 radical (unpaired) electrons. The number of sulfonamides is 1. The van der Waals surface area contributed by atoms with Crippen molar-refractivity contribution in [3.05, 3.63) is 35.4 Å². The molecule has 0 bridgehead atoms. The molecule has 0 fully saturated rings. The van der Waals surface area contributed by atoms with E-state index in [0.717, 1.165) is 0 Å². The average Bonchev–Trinajstić information content (AvgIpc) is 2.44. The van der Waals surface area contributed by atoms with Crippen molar-refractivity contribution >= 4 is 21.8 Å². The van der Waals surface area contributed by atoms with Gasteiger partial charge in [0.1, 0.15) is 0 Å². The van der Waals surface area contributed by atoms with Gasteiger partial charge in [-0.05, 0) is 18.1 Å². The van der Waals surface area contributed by atoms with Gasteiger partial charge in [0.2, 0.25) is 15.9 Å². The van der Waals surface area contributed by atoms with E-state index in [1.165, 1.54) is 31.2 Å². The molecule has 0 saturated carbocycles. The summed E-state index contributed by atoms with van der Waals surface area (Å²) in [5.74, 6) is -3.41. The van der Waals surface area contributed by atoms with Crippen LogP contribution in [0, 0.1) is 0 Å². The molecule has 7 nitrogen and oxygen atoms in total. The standard InChI is InChI=1S/C13H16F3N3O4S/c1-8(17)11(20)19-24(22,23)7-10-4-2-9(3-5-10)6-18-12(21)13(14,15)16/h2-5,8H,6-7,17H2,1H3,(H,18,21)(H,19,20)/t8-/m0/s1. The molecule has 24 heavy (non-hydrogen) atoms. The highest BCUT2D eigenvalue weighted by Gasteiger charge is 2.38. The van der Waals surface area contributed by atoms with E-state index in [1.54, 1.807) is 10.0 Å². The van der Waals surface area contributed by atoms with Gasteiger partial charge in [0.25, 0.3) is 0 Å². The number of benzene rings is 1. The minimum Gasteiger partial charge on any atom is -0.344 e. The van der Waals surface area contributed by atoms with Crippen LogP contribution in [-0.4, -0.2) is 32.5 Å². The van der Waals surface area contributed by atoms with Crippen LogP contribution in [0.2, 0.25) is 0 Å². The minimum atomic E-state index is -4.97. The fraction of sp³-hybridized carbons (Fsp3) is 0.385. The highest BCUT2D eigenvalue weighted by Crippen LogP contribution is 2.15. The molecule has 11 heteroatoms. The predicted molar refractivity (Wildman–Crippen MR) is 78.8 cm³/mol.